The normalized spacial score (nSPS) is 31.5. The van der Waals surface area contributed by atoms with Gasteiger partial charge in [0.15, 0.2) is 0 Å². The molecule has 0 bridgehead atoms. The van der Waals surface area contributed by atoms with Crippen molar-refractivity contribution in [3.8, 4) is 0 Å². The van der Waals surface area contributed by atoms with E-state index in [9.17, 15) is 14.4 Å². The van der Waals surface area contributed by atoms with Crippen LogP contribution in [0.2, 0.25) is 0 Å². The molecule has 3 heterocycles. The van der Waals surface area contributed by atoms with Crippen LogP contribution in [-0.4, -0.2) is 85.4 Å². The van der Waals surface area contributed by atoms with Crippen LogP contribution in [0.5, 0.6) is 0 Å². The summed E-state index contributed by atoms with van der Waals surface area (Å²) in [6, 6.07) is 0. The van der Waals surface area contributed by atoms with Gasteiger partial charge < -0.3 is 19.4 Å². The molecular weight excluding hydrogens is 358 g/mol. The van der Waals surface area contributed by atoms with E-state index in [0.29, 0.717) is 13.1 Å². The Morgan fingerprint density at radius 1 is 0.929 bits per heavy atom. The van der Waals surface area contributed by atoms with Gasteiger partial charge in [0.2, 0.25) is 17.7 Å². The van der Waals surface area contributed by atoms with Crippen LogP contribution in [0, 0.1) is 16.7 Å². The van der Waals surface area contributed by atoms with Crippen LogP contribution in [0.15, 0.2) is 0 Å². The number of piperidine rings is 1. The molecule has 7 heteroatoms. The van der Waals surface area contributed by atoms with Crippen molar-refractivity contribution >= 4 is 17.7 Å². The highest BCUT2D eigenvalue weighted by atomic mass is 16.5. The van der Waals surface area contributed by atoms with E-state index in [0.717, 1.165) is 64.7 Å². The summed E-state index contributed by atoms with van der Waals surface area (Å²) >= 11 is 0. The lowest BCUT2D eigenvalue weighted by Crippen LogP contribution is -2.50. The van der Waals surface area contributed by atoms with Crippen LogP contribution < -0.4 is 0 Å². The van der Waals surface area contributed by atoms with Gasteiger partial charge in [0.25, 0.3) is 0 Å². The number of hydrogen-bond donors (Lipinski definition) is 0. The third kappa shape index (κ3) is 3.02. The molecule has 7 nitrogen and oxygen atoms in total. The third-order valence-corrected chi connectivity index (χ3v) is 8.00. The summed E-state index contributed by atoms with van der Waals surface area (Å²) in [6.45, 7) is 6.20. The molecule has 1 spiro atoms. The van der Waals surface area contributed by atoms with Gasteiger partial charge in [0, 0.05) is 53.3 Å². The van der Waals surface area contributed by atoms with Gasteiger partial charge in [-0.3, -0.25) is 14.4 Å². The molecule has 4 rings (SSSR count). The lowest BCUT2D eigenvalue weighted by molar-refractivity contribution is -0.144. The zero-order valence-corrected chi connectivity index (χ0v) is 17.2. The summed E-state index contributed by atoms with van der Waals surface area (Å²) in [5, 5.41) is 0. The number of methoxy groups -OCH3 is 1. The molecule has 3 aliphatic heterocycles. The Balaban J connectivity index is 1.56. The van der Waals surface area contributed by atoms with E-state index in [1.807, 2.05) is 14.7 Å². The highest BCUT2D eigenvalue weighted by molar-refractivity contribution is 5.86. The van der Waals surface area contributed by atoms with E-state index in [4.69, 9.17) is 4.74 Å². The van der Waals surface area contributed by atoms with Gasteiger partial charge in [-0.2, -0.15) is 0 Å². The van der Waals surface area contributed by atoms with Crippen molar-refractivity contribution in [3.05, 3.63) is 0 Å². The second-order valence-corrected chi connectivity index (χ2v) is 9.28. The number of likely N-dealkylation sites (tertiary alicyclic amines) is 3. The maximum atomic E-state index is 13.6. The van der Waals surface area contributed by atoms with E-state index in [1.165, 1.54) is 0 Å². The molecule has 3 amide bonds. The van der Waals surface area contributed by atoms with Gasteiger partial charge in [0.1, 0.15) is 6.61 Å². The lowest BCUT2D eigenvalue weighted by Gasteiger charge is -2.44. The summed E-state index contributed by atoms with van der Waals surface area (Å²) in [5.74, 6) is 0.627. The highest BCUT2D eigenvalue weighted by Crippen LogP contribution is 2.62. The first-order valence-electron chi connectivity index (χ1n) is 10.7. The van der Waals surface area contributed by atoms with Crippen LogP contribution >= 0.6 is 0 Å². The average molecular weight is 392 g/mol. The molecule has 4 fully saturated rings. The van der Waals surface area contributed by atoms with E-state index in [2.05, 4.69) is 0 Å². The molecule has 0 radical (unpaired) electrons. The molecule has 1 aliphatic carbocycles. The number of hydrogen-bond acceptors (Lipinski definition) is 4. The minimum atomic E-state index is -0.408. The van der Waals surface area contributed by atoms with Crippen molar-refractivity contribution in [1.29, 1.82) is 0 Å². The van der Waals surface area contributed by atoms with Gasteiger partial charge in [0.05, 0.1) is 5.41 Å². The maximum absolute atomic E-state index is 13.6. The first-order chi connectivity index (χ1) is 13.4. The summed E-state index contributed by atoms with van der Waals surface area (Å²) < 4.78 is 5.00. The van der Waals surface area contributed by atoms with Crippen LogP contribution in [0.3, 0.4) is 0 Å². The molecule has 156 valence electrons. The first kappa shape index (κ1) is 19.7. The molecule has 2 atom stereocenters. The molecule has 0 aromatic heterocycles. The Morgan fingerprint density at radius 3 is 2.21 bits per heavy atom. The molecule has 0 unspecified atom stereocenters. The molecule has 0 aromatic carbocycles. The van der Waals surface area contributed by atoms with Crippen molar-refractivity contribution < 1.29 is 19.1 Å². The van der Waals surface area contributed by atoms with Gasteiger partial charge in [-0.05, 0) is 49.9 Å². The Hall–Kier alpha value is -1.63. The standard InChI is InChI=1S/C21H33N3O4/c1-16(25)24-13-17-20(7-11-22(12-8-20)18(26)14-28-2)5-6-21(17,15-24)19(27)23-9-3-4-10-23/h17H,3-15H2,1-2H3/t17-,21+/m0/s1. The number of carbonyl (C=O) groups is 3. The van der Waals surface area contributed by atoms with Crippen molar-refractivity contribution in [3.63, 3.8) is 0 Å². The lowest BCUT2D eigenvalue weighted by atomic mass is 9.65. The minimum Gasteiger partial charge on any atom is -0.375 e. The Bertz CT molecular complexity index is 652. The molecule has 0 aromatic rings. The summed E-state index contributed by atoms with van der Waals surface area (Å²) in [7, 11) is 1.55. The smallest absolute Gasteiger partial charge is 0.248 e. The van der Waals surface area contributed by atoms with E-state index >= 15 is 0 Å². The topological polar surface area (TPSA) is 70.2 Å². The molecular formula is C21H33N3O4. The summed E-state index contributed by atoms with van der Waals surface area (Å²) in [4.78, 5) is 43.8. The highest BCUT2D eigenvalue weighted by Gasteiger charge is 2.65. The number of carbonyl (C=O) groups excluding carboxylic acids is 3. The largest absolute Gasteiger partial charge is 0.375 e. The second kappa shape index (κ2) is 7.32. The molecule has 28 heavy (non-hydrogen) atoms. The Labute approximate surface area is 167 Å². The van der Waals surface area contributed by atoms with Crippen molar-refractivity contribution in [2.75, 3.05) is 53.0 Å². The maximum Gasteiger partial charge on any atom is 0.248 e. The summed E-state index contributed by atoms with van der Waals surface area (Å²) in [5.41, 5.74) is -0.335. The monoisotopic (exact) mass is 391 g/mol. The molecule has 1 saturated carbocycles. The predicted molar refractivity (Wildman–Crippen MR) is 103 cm³/mol. The molecule has 3 saturated heterocycles. The fourth-order valence-electron chi connectivity index (χ4n) is 6.40. The van der Waals surface area contributed by atoms with Crippen LogP contribution in [0.25, 0.3) is 0 Å². The summed E-state index contributed by atoms with van der Waals surface area (Å²) in [6.07, 6.45) is 5.94. The van der Waals surface area contributed by atoms with E-state index in [-0.39, 0.29) is 35.7 Å². The minimum absolute atomic E-state index is 0.0477. The van der Waals surface area contributed by atoms with E-state index in [1.54, 1.807) is 14.0 Å². The number of nitrogens with zero attached hydrogens (tertiary/aromatic N) is 3. The van der Waals surface area contributed by atoms with Crippen molar-refractivity contribution in [2.24, 2.45) is 16.7 Å². The predicted octanol–water partition coefficient (Wildman–Crippen LogP) is 1.12. The SMILES string of the molecule is COCC(=O)N1CCC2(CC1)CC[C@@]1(C(=O)N3CCCC3)CN(C(C)=O)C[C@@H]21. The molecule has 4 aliphatic rings. The van der Waals surface area contributed by atoms with Gasteiger partial charge in [-0.1, -0.05) is 0 Å². The fourth-order valence-corrected chi connectivity index (χ4v) is 6.40. The average Bonchev–Trinajstić information content (AvgIpc) is 3.40. The van der Waals surface area contributed by atoms with Crippen LogP contribution in [0.1, 0.15) is 45.4 Å². The van der Waals surface area contributed by atoms with Crippen molar-refractivity contribution in [1.82, 2.24) is 14.7 Å². The van der Waals surface area contributed by atoms with Crippen LogP contribution in [0.4, 0.5) is 0 Å². The quantitative estimate of drug-likeness (QED) is 0.723. The van der Waals surface area contributed by atoms with E-state index < -0.39 is 5.41 Å². The third-order valence-electron chi connectivity index (χ3n) is 8.00. The Kier molecular flexibility index (Phi) is 5.14. The first-order valence-corrected chi connectivity index (χ1v) is 10.7. The second-order valence-electron chi connectivity index (χ2n) is 9.28. The number of rotatable bonds is 3. The zero-order chi connectivity index (χ0) is 19.9. The molecule has 0 N–H and O–H groups in total. The van der Waals surface area contributed by atoms with Gasteiger partial charge in [-0.25, -0.2) is 0 Å². The van der Waals surface area contributed by atoms with Crippen LogP contribution in [-0.2, 0) is 19.1 Å². The Morgan fingerprint density at radius 2 is 1.61 bits per heavy atom. The fraction of sp³-hybridized carbons (Fsp3) is 0.857. The van der Waals surface area contributed by atoms with Gasteiger partial charge in [-0.15, -0.1) is 0 Å². The number of amides is 3. The zero-order valence-electron chi connectivity index (χ0n) is 17.2. The number of ether oxygens (including phenoxy) is 1. The van der Waals surface area contributed by atoms with Crippen molar-refractivity contribution in [2.45, 2.75) is 45.4 Å². The number of fused-ring (bicyclic) bond motifs is 2. The van der Waals surface area contributed by atoms with Gasteiger partial charge >= 0.3 is 0 Å².